The van der Waals surface area contributed by atoms with Crippen LogP contribution >= 0.6 is 0 Å². The lowest BCUT2D eigenvalue weighted by Crippen LogP contribution is -2.18. The molecule has 0 radical (unpaired) electrons. The van der Waals surface area contributed by atoms with Gasteiger partial charge in [0.2, 0.25) is 0 Å². The molecule has 0 aliphatic rings. The normalized spacial score (nSPS) is 12.8. The number of hydrogen-bond donors (Lipinski definition) is 2. The molecular weight excluding hydrogens is 440 g/mol. The standard InChI is InChI=1S/C34H54O2/c1-11-26-20-24(21-27(30(26)35)32(2,3)4)18-16-14-12-13-15-17-19-25-22-28(33(5,6)7)31(36)29(23-25)34(8,9)10/h20-23,35-36H,11-19H2,1-10H3. The van der Waals surface area contributed by atoms with Crippen LogP contribution in [0.25, 0.3) is 0 Å². The van der Waals surface area contributed by atoms with Gasteiger partial charge < -0.3 is 10.2 Å². The third-order valence-electron chi connectivity index (χ3n) is 7.40. The summed E-state index contributed by atoms with van der Waals surface area (Å²) in [4.78, 5) is 0. The smallest absolute Gasteiger partial charge is 0.123 e. The van der Waals surface area contributed by atoms with Crippen molar-refractivity contribution in [2.24, 2.45) is 0 Å². The Labute approximate surface area is 222 Å². The van der Waals surface area contributed by atoms with Gasteiger partial charge in [-0.05, 0) is 81.7 Å². The van der Waals surface area contributed by atoms with Gasteiger partial charge >= 0.3 is 0 Å². The van der Waals surface area contributed by atoms with Gasteiger partial charge in [0.1, 0.15) is 11.5 Å². The highest BCUT2D eigenvalue weighted by atomic mass is 16.3. The van der Waals surface area contributed by atoms with E-state index in [9.17, 15) is 10.2 Å². The number of phenols is 2. The molecule has 2 heteroatoms. The third-order valence-corrected chi connectivity index (χ3v) is 7.40. The second kappa shape index (κ2) is 12.1. The second-order valence-corrected chi connectivity index (χ2v) is 13.9. The highest BCUT2D eigenvalue weighted by Crippen LogP contribution is 2.40. The highest BCUT2D eigenvalue weighted by molar-refractivity contribution is 5.50. The summed E-state index contributed by atoms with van der Waals surface area (Å²) >= 11 is 0. The Bertz CT molecular complexity index is 959. The first-order chi connectivity index (χ1) is 16.6. The van der Waals surface area contributed by atoms with Crippen LogP contribution in [-0.4, -0.2) is 10.2 Å². The molecule has 0 saturated heterocycles. The summed E-state index contributed by atoms with van der Waals surface area (Å²) in [7, 11) is 0. The molecule has 2 N–H and O–H groups in total. The molecule has 2 nitrogen and oxygen atoms in total. The maximum atomic E-state index is 10.9. The molecule has 2 aromatic rings. The molecule has 0 aromatic heterocycles. The minimum Gasteiger partial charge on any atom is -0.507 e. The molecule has 2 aromatic carbocycles. The van der Waals surface area contributed by atoms with Crippen LogP contribution in [0.5, 0.6) is 11.5 Å². The highest BCUT2D eigenvalue weighted by Gasteiger charge is 2.26. The number of aryl methyl sites for hydroxylation is 3. The molecule has 0 unspecified atom stereocenters. The molecule has 36 heavy (non-hydrogen) atoms. The maximum Gasteiger partial charge on any atom is 0.123 e. The van der Waals surface area contributed by atoms with E-state index in [0.717, 1.165) is 41.5 Å². The summed E-state index contributed by atoms with van der Waals surface area (Å²) in [5.41, 5.74) is 6.85. The minimum absolute atomic E-state index is 0.0389. The Kier molecular flexibility index (Phi) is 10.1. The molecule has 0 amide bonds. The first kappa shape index (κ1) is 30.3. The fourth-order valence-electron chi connectivity index (χ4n) is 5.09. The summed E-state index contributed by atoms with van der Waals surface area (Å²) in [5, 5.41) is 21.6. The molecule has 202 valence electrons. The molecule has 2 rings (SSSR count). The van der Waals surface area contributed by atoms with E-state index < -0.39 is 0 Å². The van der Waals surface area contributed by atoms with Gasteiger partial charge in [0, 0.05) is 0 Å². The van der Waals surface area contributed by atoms with Crippen LogP contribution < -0.4 is 0 Å². The summed E-state index contributed by atoms with van der Waals surface area (Å²) in [6, 6.07) is 8.90. The van der Waals surface area contributed by atoms with Crippen molar-refractivity contribution in [3.05, 3.63) is 57.6 Å². The quantitative estimate of drug-likeness (QED) is 0.323. The number of rotatable bonds is 10. The van der Waals surface area contributed by atoms with Crippen molar-refractivity contribution >= 4 is 0 Å². The van der Waals surface area contributed by atoms with Crippen LogP contribution in [0.1, 0.15) is 141 Å². The van der Waals surface area contributed by atoms with Crippen molar-refractivity contribution in [1.29, 1.82) is 0 Å². The van der Waals surface area contributed by atoms with E-state index in [0.29, 0.717) is 11.5 Å². The maximum absolute atomic E-state index is 10.9. The number of aromatic hydroxyl groups is 2. The van der Waals surface area contributed by atoms with Crippen LogP contribution in [0.4, 0.5) is 0 Å². The van der Waals surface area contributed by atoms with Gasteiger partial charge in [-0.15, -0.1) is 0 Å². The predicted molar refractivity (Wildman–Crippen MR) is 157 cm³/mol. The minimum atomic E-state index is -0.0663. The van der Waals surface area contributed by atoms with E-state index in [1.807, 2.05) is 0 Å². The molecule has 0 atom stereocenters. The zero-order chi connectivity index (χ0) is 27.3. The lowest BCUT2D eigenvalue weighted by atomic mass is 9.78. The van der Waals surface area contributed by atoms with Gasteiger partial charge in [0.15, 0.2) is 0 Å². The van der Waals surface area contributed by atoms with Crippen molar-refractivity contribution in [1.82, 2.24) is 0 Å². The molecule has 0 aliphatic heterocycles. The Morgan fingerprint density at radius 2 is 0.833 bits per heavy atom. The van der Waals surface area contributed by atoms with Crippen LogP contribution in [0, 0.1) is 0 Å². The summed E-state index contributed by atoms with van der Waals surface area (Å²) in [6.45, 7) is 21.8. The lowest BCUT2D eigenvalue weighted by molar-refractivity contribution is 0.422. The SMILES string of the molecule is CCc1cc(CCCCCCCCc2cc(C(C)(C)C)c(O)c(C(C)(C)C)c2)cc(C(C)(C)C)c1O. The zero-order valence-electron chi connectivity index (χ0n) is 25.1. The first-order valence-corrected chi connectivity index (χ1v) is 14.3. The topological polar surface area (TPSA) is 40.5 Å². The molecule has 0 saturated carbocycles. The second-order valence-electron chi connectivity index (χ2n) is 13.9. The molecule has 0 aliphatic carbocycles. The van der Waals surface area contributed by atoms with Crippen LogP contribution in [0.15, 0.2) is 24.3 Å². The van der Waals surface area contributed by atoms with E-state index in [4.69, 9.17) is 0 Å². The van der Waals surface area contributed by atoms with Gasteiger partial charge in [-0.25, -0.2) is 0 Å². The Balaban J connectivity index is 1.85. The van der Waals surface area contributed by atoms with Crippen molar-refractivity contribution in [3.8, 4) is 11.5 Å². The predicted octanol–water partition coefficient (Wildman–Crippen LogP) is 9.68. The van der Waals surface area contributed by atoms with Crippen molar-refractivity contribution in [3.63, 3.8) is 0 Å². The van der Waals surface area contributed by atoms with E-state index in [-0.39, 0.29) is 16.2 Å². The Hall–Kier alpha value is -1.96. The van der Waals surface area contributed by atoms with Gasteiger partial charge in [0.05, 0.1) is 0 Å². The summed E-state index contributed by atoms with van der Waals surface area (Å²) in [6.07, 6.45) is 10.5. The number of phenolic OH excluding ortho intramolecular Hbond substituents is 2. The third kappa shape index (κ3) is 8.29. The Morgan fingerprint density at radius 1 is 0.500 bits per heavy atom. The largest absolute Gasteiger partial charge is 0.507 e. The van der Waals surface area contributed by atoms with E-state index >= 15 is 0 Å². The molecule has 0 spiro atoms. The Morgan fingerprint density at radius 3 is 1.19 bits per heavy atom. The average Bonchev–Trinajstić information content (AvgIpc) is 2.74. The zero-order valence-corrected chi connectivity index (χ0v) is 25.1. The van der Waals surface area contributed by atoms with Gasteiger partial charge in [-0.1, -0.05) is 119 Å². The number of unbranched alkanes of at least 4 members (excludes halogenated alkanes) is 5. The van der Waals surface area contributed by atoms with Gasteiger partial charge in [-0.2, -0.15) is 0 Å². The van der Waals surface area contributed by atoms with E-state index in [1.54, 1.807) is 0 Å². The monoisotopic (exact) mass is 494 g/mol. The lowest BCUT2D eigenvalue weighted by Gasteiger charge is -2.28. The summed E-state index contributed by atoms with van der Waals surface area (Å²) in [5.74, 6) is 0.972. The molecule has 0 fully saturated rings. The van der Waals surface area contributed by atoms with Crippen LogP contribution in [0.2, 0.25) is 0 Å². The average molecular weight is 495 g/mol. The fraction of sp³-hybridized carbons (Fsp3) is 0.647. The first-order valence-electron chi connectivity index (χ1n) is 14.3. The van der Waals surface area contributed by atoms with Crippen molar-refractivity contribution in [2.45, 2.75) is 143 Å². The van der Waals surface area contributed by atoms with Crippen molar-refractivity contribution in [2.75, 3.05) is 0 Å². The molecular formula is C34H54O2. The van der Waals surface area contributed by atoms with E-state index in [1.165, 1.54) is 49.7 Å². The van der Waals surface area contributed by atoms with Gasteiger partial charge in [-0.3, -0.25) is 0 Å². The van der Waals surface area contributed by atoms with Crippen LogP contribution in [-0.2, 0) is 35.5 Å². The van der Waals surface area contributed by atoms with Crippen molar-refractivity contribution < 1.29 is 10.2 Å². The molecule has 0 bridgehead atoms. The van der Waals surface area contributed by atoms with Gasteiger partial charge in [0.25, 0.3) is 0 Å². The van der Waals surface area contributed by atoms with Crippen LogP contribution in [0.3, 0.4) is 0 Å². The summed E-state index contributed by atoms with van der Waals surface area (Å²) < 4.78 is 0. The number of benzene rings is 2. The molecule has 0 heterocycles. The number of hydrogen-bond acceptors (Lipinski definition) is 2. The fourth-order valence-corrected chi connectivity index (χ4v) is 5.09. The van der Waals surface area contributed by atoms with E-state index in [2.05, 4.69) is 93.5 Å².